The lowest BCUT2D eigenvalue weighted by Gasteiger charge is -2.62. The molecular formula is C26H38O3. The number of carbonyl (C=O) groups is 2. The zero-order chi connectivity index (χ0) is 20.4. The summed E-state index contributed by atoms with van der Waals surface area (Å²) in [6, 6.07) is 0. The van der Waals surface area contributed by atoms with Crippen molar-refractivity contribution in [3.63, 3.8) is 0 Å². The molecule has 3 nitrogen and oxygen atoms in total. The lowest BCUT2D eigenvalue weighted by molar-refractivity contribution is -0.157. The van der Waals surface area contributed by atoms with Gasteiger partial charge in [-0.25, -0.2) is 0 Å². The third-order valence-electron chi connectivity index (χ3n) is 12.4. The average Bonchev–Trinajstić information content (AvgIpc) is 3.00. The van der Waals surface area contributed by atoms with Crippen LogP contribution in [0.2, 0.25) is 0 Å². The van der Waals surface area contributed by atoms with Crippen LogP contribution in [-0.2, 0) is 14.3 Å². The van der Waals surface area contributed by atoms with Crippen molar-refractivity contribution in [3.8, 4) is 0 Å². The van der Waals surface area contributed by atoms with Gasteiger partial charge in [0.2, 0.25) is 0 Å². The molecule has 5 aliphatic carbocycles. The number of hydrogen-bond donors (Lipinski definition) is 0. The molecule has 29 heavy (non-hydrogen) atoms. The Bertz CT molecular complexity index is 800. The molecule has 0 N–H and O–H groups in total. The Labute approximate surface area is 175 Å². The van der Waals surface area contributed by atoms with Gasteiger partial charge in [-0.3, -0.25) is 9.59 Å². The summed E-state index contributed by atoms with van der Waals surface area (Å²) in [4.78, 5) is 24.6. The first-order chi connectivity index (χ1) is 13.6. The maximum Gasteiger partial charge on any atom is 0.306 e. The number of ether oxygens (including phenoxy) is 1. The van der Waals surface area contributed by atoms with Crippen molar-refractivity contribution >= 4 is 11.8 Å². The molecule has 6 rings (SSSR count). The number of rotatable bonds is 1. The van der Waals surface area contributed by atoms with Gasteiger partial charge in [0.05, 0.1) is 13.0 Å². The number of fused-ring (bicyclic) bond motifs is 2. The Morgan fingerprint density at radius 1 is 0.828 bits per heavy atom. The summed E-state index contributed by atoms with van der Waals surface area (Å²) in [6.07, 6.45) is 11.9. The van der Waals surface area contributed by atoms with E-state index in [-0.39, 0.29) is 11.4 Å². The third-order valence-corrected chi connectivity index (χ3v) is 12.4. The molecule has 1 saturated heterocycles. The predicted octanol–water partition coefficient (Wildman–Crippen LogP) is 5.56. The van der Waals surface area contributed by atoms with Gasteiger partial charge in [-0.2, -0.15) is 0 Å². The monoisotopic (exact) mass is 398 g/mol. The molecule has 2 spiro atoms. The van der Waals surface area contributed by atoms with Crippen LogP contribution in [0.1, 0.15) is 91.9 Å². The Balaban J connectivity index is 1.35. The Hall–Kier alpha value is -0.860. The number of ketones is 1. The summed E-state index contributed by atoms with van der Waals surface area (Å²) in [5.41, 5.74) is 1.59. The summed E-state index contributed by atoms with van der Waals surface area (Å²) in [6.45, 7) is 10.4. The van der Waals surface area contributed by atoms with E-state index in [1.165, 1.54) is 44.9 Å². The standard InChI is InChI=1S/C26H38O3/c1-22(2)18-5-6-19-24(4)9-7-17(16-13-21(28)29-14-16)23(24,3)11-12-26(19)15-25(18,26)10-8-20(22)27/h16-19H,5-15H2,1-4H3/t16-,17+,18-,19-,23+,24-,25+,26-/m0/s1. The second kappa shape index (κ2) is 5.30. The fourth-order valence-corrected chi connectivity index (χ4v) is 10.8. The lowest BCUT2D eigenvalue weighted by atomic mass is 9.42. The zero-order valence-corrected chi connectivity index (χ0v) is 18.8. The minimum absolute atomic E-state index is 0.0234. The summed E-state index contributed by atoms with van der Waals surface area (Å²) < 4.78 is 5.40. The molecule has 3 heteroatoms. The number of hydrogen-bond acceptors (Lipinski definition) is 3. The number of Topliss-reactive ketones (excluding diaryl/α,β-unsaturated/α-hetero) is 1. The van der Waals surface area contributed by atoms with Gasteiger partial charge in [-0.05, 0) is 90.8 Å². The topological polar surface area (TPSA) is 43.4 Å². The molecule has 0 aromatic carbocycles. The van der Waals surface area contributed by atoms with Crippen molar-refractivity contribution in [1.82, 2.24) is 0 Å². The highest BCUT2D eigenvalue weighted by Gasteiger charge is 2.82. The molecule has 160 valence electrons. The van der Waals surface area contributed by atoms with Crippen LogP contribution in [0.5, 0.6) is 0 Å². The highest BCUT2D eigenvalue weighted by molar-refractivity contribution is 5.86. The molecule has 0 radical (unpaired) electrons. The van der Waals surface area contributed by atoms with Crippen LogP contribution in [0, 0.1) is 50.7 Å². The van der Waals surface area contributed by atoms with E-state index >= 15 is 0 Å². The molecule has 5 saturated carbocycles. The van der Waals surface area contributed by atoms with E-state index in [0.717, 1.165) is 18.8 Å². The highest BCUT2D eigenvalue weighted by atomic mass is 16.5. The van der Waals surface area contributed by atoms with Gasteiger partial charge in [0.1, 0.15) is 5.78 Å². The summed E-state index contributed by atoms with van der Waals surface area (Å²) in [5.74, 6) is 3.06. The van der Waals surface area contributed by atoms with Crippen LogP contribution in [0.15, 0.2) is 0 Å². The van der Waals surface area contributed by atoms with Crippen molar-refractivity contribution in [2.75, 3.05) is 6.61 Å². The SMILES string of the molecule is CC1(C)C(=O)CC[C@]23C[C@]24CC[C@]2(C)[C@@H]([C@@H]5COC(=O)C5)CC[C@@]2(C)[C@@H]4CC[C@@H]13. The summed E-state index contributed by atoms with van der Waals surface area (Å²) in [5, 5.41) is 0. The Morgan fingerprint density at radius 2 is 1.55 bits per heavy atom. The molecule has 0 bridgehead atoms. The number of esters is 1. The first-order valence-electron chi connectivity index (χ1n) is 12.3. The van der Waals surface area contributed by atoms with Crippen LogP contribution in [-0.4, -0.2) is 18.4 Å². The zero-order valence-electron chi connectivity index (χ0n) is 18.8. The minimum Gasteiger partial charge on any atom is -0.465 e. The molecule has 6 aliphatic rings. The van der Waals surface area contributed by atoms with Gasteiger partial charge in [0.15, 0.2) is 0 Å². The summed E-state index contributed by atoms with van der Waals surface area (Å²) in [7, 11) is 0. The van der Waals surface area contributed by atoms with Gasteiger partial charge in [0, 0.05) is 17.8 Å². The smallest absolute Gasteiger partial charge is 0.306 e. The fourth-order valence-electron chi connectivity index (χ4n) is 10.8. The lowest BCUT2D eigenvalue weighted by Crippen LogP contribution is -2.57. The fraction of sp³-hybridized carbons (Fsp3) is 0.923. The maximum atomic E-state index is 12.8. The molecule has 0 aromatic heterocycles. The van der Waals surface area contributed by atoms with E-state index in [0.29, 0.717) is 58.2 Å². The minimum atomic E-state index is -0.117. The van der Waals surface area contributed by atoms with Crippen LogP contribution in [0.25, 0.3) is 0 Å². The molecule has 8 atom stereocenters. The normalized spacial score (nSPS) is 57.4. The quantitative estimate of drug-likeness (QED) is 0.543. The van der Waals surface area contributed by atoms with Crippen molar-refractivity contribution < 1.29 is 14.3 Å². The van der Waals surface area contributed by atoms with Crippen LogP contribution >= 0.6 is 0 Å². The van der Waals surface area contributed by atoms with Crippen molar-refractivity contribution in [2.45, 2.75) is 91.9 Å². The average molecular weight is 399 g/mol. The van der Waals surface area contributed by atoms with E-state index in [2.05, 4.69) is 27.7 Å². The predicted molar refractivity (Wildman–Crippen MR) is 111 cm³/mol. The largest absolute Gasteiger partial charge is 0.465 e. The second-order valence-corrected chi connectivity index (χ2v) is 12.9. The van der Waals surface area contributed by atoms with Crippen molar-refractivity contribution in [3.05, 3.63) is 0 Å². The highest BCUT2D eigenvalue weighted by Crippen LogP contribution is 2.88. The third kappa shape index (κ3) is 1.94. The van der Waals surface area contributed by atoms with Crippen LogP contribution in [0.4, 0.5) is 0 Å². The Morgan fingerprint density at radius 3 is 2.28 bits per heavy atom. The van der Waals surface area contributed by atoms with Crippen molar-refractivity contribution in [1.29, 1.82) is 0 Å². The maximum absolute atomic E-state index is 12.8. The van der Waals surface area contributed by atoms with E-state index < -0.39 is 0 Å². The van der Waals surface area contributed by atoms with Gasteiger partial charge in [0.25, 0.3) is 0 Å². The van der Waals surface area contributed by atoms with Gasteiger partial charge in [-0.1, -0.05) is 27.7 Å². The second-order valence-electron chi connectivity index (χ2n) is 12.9. The van der Waals surface area contributed by atoms with Gasteiger partial charge < -0.3 is 4.74 Å². The van der Waals surface area contributed by atoms with Crippen molar-refractivity contribution in [2.24, 2.45) is 50.7 Å². The van der Waals surface area contributed by atoms with E-state index in [1.54, 1.807) is 0 Å². The molecule has 1 heterocycles. The molecule has 0 unspecified atom stereocenters. The number of carbonyl (C=O) groups excluding carboxylic acids is 2. The molecule has 1 aliphatic heterocycles. The van der Waals surface area contributed by atoms with Crippen LogP contribution in [0.3, 0.4) is 0 Å². The van der Waals surface area contributed by atoms with E-state index in [1.807, 2.05) is 0 Å². The molecular weight excluding hydrogens is 360 g/mol. The van der Waals surface area contributed by atoms with E-state index in [4.69, 9.17) is 4.74 Å². The van der Waals surface area contributed by atoms with Crippen LogP contribution < -0.4 is 0 Å². The first-order valence-corrected chi connectivity index (χ1v) is 12.3. The summed E-state index contributed by atoms with van der Waals surface area (Å²) >= 11 is 0. The van der Waals surface area contributed by atoms with E-state index in [9.17, 15) is 9.59 Å². The first kappa shape index (κ1) is 18.9. The van der Waals surface area contributed by atoms with Gasteiger partial charge in [-0.15, -0.1) is 0 Å². The number of cyclic esters (lactones) is 1. The van der Waals surface area contributed by atoms with Gasteiger partial charge >= 0.3 is 5.97 Å². The molecule has 0 amide bonds. The molecule has 6 fully saturated rings. The molecule has 0 aromatic rings. The Kier molecular flexibility index (Phi) is 3.45.